The van der Waals surface area contributed by atoms with Crippen LogP contribution in [0.5, 0.6) is 11.5 Å². The van der Waals surface area contributed by atoms with Crippen LogP contribution in [-0.2, 0) is 0 Å². The number of nitrogens with zero attached hydrogens (tertiary/aromatic N) is 2. The van der Waals surface area contributed by atoms with E-state index >= 15 is 0 Å². The summed E-state index contributed by atoms with van der Waals surface area (Å²) in [6.45, 7) is 0.182. The third-order valence-corrected chi connectivity index (χ3v) is 4.07. The predicted molar refractivity (Wildman–Crippen MR) is 85.9 cm³/mol. The molecule has 1 N–H and O–H groups in total. The molecule has 0 spiro atoms. The van der Waals surface area contributed by atoms with Crippen LogP contribution in [0.3, 0.4) is 0 Å². The summed E-state index contributed by atoms with van der Waals surface area (Å²) in [6, 6.07) is 8.84. The zero-order chi connectivity index (χ0) is 15.6. The van der Waals surface area contributed by atoms with E-state index in [0.29, 0.717) is 22.2 Å². The SMILES string of the molecule is O=C(Nc1nc(-c2cccnc2)cs1)c1ccc2c(c1)OCO2. The van der Waals surface area contributed by atoms with Crippen LogP contribution in [0, 0.1) is 0 Å². The summed E-state index contributed by atoms with van der Waals surface area (Å²) in [5.74, 6) is 0.984. The number of carbonyl (C=O) groups is 1. The smallest absolute Gasteiger partial charge is 0.257 e. The van der Waals surface area contributed by atoms with Gasteiger partial charge in [-0.05, 0) is 30.3 Å². The van der Waals surface area contributed by atoms with E-state index in [4.69, 9.17) is 9.47 Å². The number of pyridine rings is 1. The lowest BCUT2D eigenvalue weighted by Gasteiger charge is -2.03. The molecule has 7 heteroatoms. The number of ether oxygens (including phenoxy) is 2. The zero-order valence-electron chi connectivity index (χ0n) is 11.9. The number of amides is 1. The van der Waals surface area contributed by atoms with Gasteiger partial charge in [0.25, 0.3) is 5.91 Å². The van der Waals surface area contributed by atoms with Crippen molar-refractivity contribution in [2.24, 2.45) is 0 Å². The highest BCUT2D eigenvalue weighted by atomic mass is 32.1. The number of nitrogens with one attached hydrogen (secondary N) is 1. The van der Waals surface area contributed by atoms with Crippen molar-refractivity contribution < 1.29 is 14.3 Å². The van der Waals surface area contributed by atoms with Crippen LogP contribution in [0.2, 0.25) is 0 Å². The van der Waals surface area contributed by atoms with E-state index in [1.165, 1.54) is 11.3 Å². The van der Waals surface area contributed by atoms with E-state index in [0.717, 1.165) is 11.3 Å². The summed E-state index contributed by atoms with van der Waals surface area (Å²) in [4.78, 5) is 20.8. The molecule has 1 amide bonds. The van der Waals surface area contributed by atoms with Crippen molar-refractivity contribution in [3.63, 3.8) is 0 Å². The second-order valence-corrected chi connectivity index (χ2v) is 5.66. The molecule has 3 heterocycles. The Labute approximate surface area is 135 Å². The average Bonchev–Trinajstić information content (AvgIpc) is 3.24. The zero-order valence-corrected chi connectivity index (χ0v) is 12.7. The number of benzene rings is 1. The fourth-order valence-electron chi connectivity index (χ4n) is 2.19. The van der Waals surface area contributed by atoms with E-state index < -0.39 is 0 Å². The first-order valence-corrected chi connectivity index (χ1v) is 7.74. The van der Waals surface area contributed by atoms with Crippen molar-refractivity contribution >= 4 is 22.4 Å². The Hall–Kier alpha value is -2.93. The Morgan fingerprint density at radius 3 is 3.00 bits per heavy atom. The summed E-state index contributed by atoms with van der Waals surface area (Å²) in [6.07, 6.45) is 3.44. The van der Waals surface area contributed by atoms with Gasteiger partial charge in [0.2, 0.25) is 6.79 Å². The van der Waals surface area contributed by atoms with Crippen LogP contribution < -0.4 is 14.8 Å². The lowest BCUT2D eigenvalue weighted by Crippen LogP contribution is -2.11. The molecule has 0 radical (unpaired) electrons. The highest BCUT2D eigenvalue weighted by molar-refractivity contribution is 7.14. The molecule has 6 nitrogen and oxygen atoms in total. The molecule has 1 aliphatic heterocycles. The lowest BCUT2D eigenvalue weighted by atomic mass is 10.2. The van der Waals surface area contributed by atoms with Crippen molar-refractivity contribution in [1.82, 2.24) is 9.97 Å². The molecule has 4 rings (SSSR count). The average molecular weight is 325 g/mol. The first kappa shape index (κ1) is 13.7. The number of rotatable bonds is 3. The maximum atomic E-state index is 12.3. The highest BCUT2D eigenvalue weighted by Gasteiger charge is 2.17. The first-order valence-electron chi connectivity index (χ1n) is 6.86. The van der Waals surface area contributed by atoms with Crippen molar-refractivity contribution in [2.75, 3.05) is 12.1 Å². The number of anilines is 1. The molecule has 0 bridgehead atoms. The van der Waals surface area contributed by atoms with Crippen molar-refractivity contribution in [3.8, 4) is 22.8 Å². The molecule has 1 aromatic carbocycles. The van der Waals surface area contributed by atoms with Gasteiger partial charge in [-0.2, -0.15) is 0 Å². The fraction of sp³-hybridized carbons (Fsp3) is 0.0625. The predicted octanol–water partition coefficient (Wildman–Crippen LogP) is 3.19. The largest absolute Gasteiger partial charge is 0.454 e. The van der Waals surface area contributed by atoms with Gasteiger partial charge in [-0.15, -0.1) is 11.3 Å². The Morgan fingerprint density at radius 2 is 2.13 bits per heavy atom. The quantitative estimate of drug-likeness (QED) is 0.800. The molecule has 1 aliphatic rings. The van der Waals surface area contributed by atoms with Crippen molar-refractivity contribution in [2.45, 2.75) is 0 Å². The summed E-state index contributed by atoms with van der Waals surface area (Å²) < 4.78 is 10.5. The lowest BCUT2D eigenvalue weighted by molar-refractivity contribution is 0.102. The van der Waals surface area contributed by atoms with Gasteiger partial charge in [-0.1, -0.05) is 0 Å². The van der Waals surface area contributed by atoms with E-state index in [-0.39, 0.29) is 12.7 Å². The minimum atomic E-state index is -0.240. The summed E-state index contributed by atoms with van der Waals surface area (Å²) in [5, 5.41) is 5.21. The molecule has 0 fully saturated rings. The van der Waals surface area contributed by atoms with Crippen molar-refractivity contribution in [3.05, 3.63) is 53.7 Å². The number of fused-ring (bicyclic) bond motifs is 1. The normalized spacial score (nSPS) is 12.2. The second-order valence-electron chi connectivity index (χ2n) is 4.80. The number of hydrogen-bond acceptors (Lipinski definition) is 6. The van der Waals surface area contributed by atoms with Crippen LogP contribution in [0.25, 0.3) is 11.3 Å². The monoisotopic (exact) mass is 325 g/mol. The van der Waals surface area contributed by atoms with E-state index in [9.17, 15) is 4.79 Å². The molecule has 3 aromatic rings. The number of aromatic nitrogens is 2. The van der Waals surface area contributed by atoms with Crippen molar-refractivity contribution in [1.29, 1.82) is 0 Å². The molecule has 0 unspecified atom stereocenters. The van der Waals surface area contributed by atoms with Crippen LogP contribution in [0.4, 0.5) is 5.13 Å². The maximum absolute atomic E-state index is 12.3. The van der Waals surface area contributed by atoms with Crippen LogP contribution >= 0.6 is 11.3 Å². The molecule has 0 saturated carbocycles. The van der Waals surface area contributed by atoms with Gasteiger partial charge in [0, 0.05) is 28.9 Å². The Bertz CT molecular complexity index is 864. The van der Waals surface area contributed by atoms with E-state index in [1.807, 2.05) is 17.5 Å². The number of hydrogen-bond donors (Lipinski definition) is 1. The number of carbonyl (C=O) groups excluding carboxylic acids is 1. The standard InChI is InChI=1S/C16H11N3O3S/c20-15(10-3-4-13-14(6-10)22-9-21-13)19-16-18-12(8-23-16)11-2-1-5-17-7-11/h1-8H,9H2,(H,18,19,20). The van der Waals surface area contributed by atoms with Gasteiger partial charge in [0.1, 0.15) is 0 Å². The van der Waals surface area contributed by atoms with E-state index in [2.05, 4.69) is 15.3 Å². The highest BCUT2D eigenvalue weighted by Crippen LogP contribution is 2.33. The summed E-state index contributed by atoms with van der Waals surface area (Å²) >= 11 is 1.37. The fourth-order valence-corrected chi connectivity index (χ4v) is 2.90. The van der Waals surface area contributed by atoms with Gasteiger partial charge >= 0.3 is 0 Å². The summed E-state index contributed by atoms with van der Waals surface area (Å²) in [5.41, 5.74) is 2.18. The Morgan fingerprint density at radius 1 is 1.22 bits per heavy atom. The van der Waals surface area contributed by atoms with Gasteiger partial charge < -0.3 is 9.47 Å². The van der Waals surface area contributed by atoms with Crippen LogP contribution in [0.1, 0.15) is 10.4 Å². The molecule has 114 valence electrons. The first-order chi connectivity index (χ1) is 11.3. The molecule has 0 saturated heterocycles. The molecule has 0 atom stereocenters. The molecular weight excluding hydrogens is 314 g/mol. The van der Waals surface area contributed by atoms with E-state index in [1.54, 1.807) is 30.6 Å². The van der Waals surface area contributed by atoms with Crippen LogP contribution in [-0.4, -0.2) is 22.7 Å². The topological polar surface area (TPSA) is 73.3 Å². The Kier molecular flexibility index (Phi) is 3.39. The molecule has 0 aliphatic carbocycles. The summed E-state index contributed by atoms with van der Waals surface area (Å²) in [7, 11) is 0. The Balaban J connectivity index is 1.52. The van der Waals surface area contributed by atoms with Gasteiger partial charge in [0.05, 0.1) is 5.69 Å². The van der Waals surface area contributed by atoms with Gasteiger partial charge in [-0.25, -0.2) is 4.98 Å². The minimum absolute atomic E-state index is 0.182. The third kappa shape index (κ3) is 2.74. The van der Waals surface area contributed by atoms with Crippen LogP contribution in [0.15, 0.2) is 48.1 Å². The third-order valence-electron chi connectivity index (χ3n) is 3.32. The molecular formula is C16H11N3O3S. The minimum Gasteiger partial charge on any atom is -0.454 e. The maximum Gasteiger partial charge on any atom is 0.257 e. The molecule has 23 heavy (non-hydrogen) atoms. The van der Waals surface area contributed by atoms with Gasteiger partial charge in [0.15, 0.2) is 16.6 Å². The number of thiazole rings is 1. The molecule has 2 aromatic heterocycles. The van der Waals surface area contributed by atoms with Gasteiger partial charge in [-0.3, -0.25) is 15.1 Å². The second kappa shape index (κ2) is 5.69.